The number of hydrogen-bond acceptors (Lipinski definition) is 14. The minimum absolute atomic E-state index is 0.126. The summed E-state index contributed by atoms with van der Waals surface area (Å²) in [5.41, 5.74) is 3.55. The fourth-order valence-corrected chi connectivity index (χ4v) is 7.46. The molecular weight excluding hydrogens is 731 g/mol. The van der Waals surface area contributed by atoms with E-state index in [2.05, 4.69) is 40.5 Å². The first-order valence-corrected chi connectivity index (χ1v) is 19.3. The van der Waals surface area contributed by atoms with Gasteiger partial charge < -0.3 is 25.0 Å². The predicted molar refractivity (Wildman–Crippen MR) is 202 cm³/mol. The molecule has 0 aliphatic carbocycles. The van der Waals surface area contributed by atoms with Gasteiger partial charge in [-0.05, 0) is 25.8 Å². The van der Waals surface area contributed by atoms with Crippen LogP contribution < -0.4 is 20.3 Å². The van der Waals surface area contributed by atoms with E-state index in [1.165, 1.54) is 17.4 Å². The van der Waals surface area contributed by atoms with Crippen molar-refractivity contribution in [1.82, 2.24) is 40.5 Å². The van der Waals surface area contributed by atoms with Gasteiger partial charge in [-0.15, -0.1) is 11.3 Å². The van der Waals surface area contributed by atoms with Crippen molar-refractivity contribution in [3.63, 3.8) is 0 Å². The van der Waals surface area contributed by atoms with Gasteiger partial charge in [0.15, 0.2) is 34.1 Å². The molecule has 1 amide bonds. The third kappa shape index (κ3) is 9.01. The number of nitrogens with one attached hydrogen (secondary N) is 2. The molecule has 0 bridgehead atoms. The van der Waals surface area contributed by atoms with Crippen LogP contribution in [0.15, 0.2) is 64.6 Å². The molecule has 55 heavy (non-hydrogen) atoms. The highest BCUT2D eigenvalue weighted by Crippen LogP contribution is 2.36. The lowest BCUT2D eigenvalue weighted by atomic mass is 9.98. The molecule has 0 radical (unpaired) electrons. The number of anilines is 1. The summed E-state index contributed by atoms with van der Waals surface area (Å²) in [4.78, 5) is 55.4. The summed E-state index contributed by atoms with van der Waals surface area (Å²) in [6.45, 7) is 5.14. The molecule has 2 atom stereocenters. The fourth-order valence-electron chi connectivity index (χ4n) is 6.86. The van der Waals surface area contributed by atoms with Crippen LogP contribution >= 0.6 is 11.3 Å². The Bertz CT molecular complexity index is 2030. The van der Waals surface area contributed by atoms with E-state index in [1.807, 2.05) is 22.1 Å². The average Bonchev–Trinajstić information content (AvgIpc) is 3.76. The monoisotopic (exact) mass is 772 g/mol. The Kier molecular flexibility index (Phi) is 12.4. The molecule has 6 heterocycles. The van der Waals surface area contributed by atoms with Crippen LogP contribution in [-0.2, 0) is 20.7 Å². The average molecular weight is 773 g/mol. The van der Waals surface area contributed by atoms with E-state index in [9.17, 15) is 18.4 Å². The lowest BCUT2D eigenvalue weighted by Crippen LogP contribution is -2.55. The number of rotatable bonds is 15. The highest BCUT2D eigenvalue weighted by molar-refractivity contribution is 7.11. The van der Waals surface area contributed by atoms with Crippen LogP contribution in [0.25, 0.3) is 11.6 Å². The molecular formula is C38H42F2N10O4S. The largest absolute Gasteiger partial charge is 0.490 e. The van der Waals surface area contributed by atoms with E-state index in [4.69, 9.17) is 9.47 Å². The molecule has 17 heteroatoms. The molecule has 2 unspecified atom stereocenters. The minimum atomic E-state index is -1.01. The van der Waals surface area contributed by atoms with Gasteiger partial charge in [-0.2, -0.15) is 4.39 Å². The van der Waals surface area contributed by atoms with Crippen molar-refractivity contribution in [3.8, 4) is 17.4 Å². The normalized spacial score (nSPS) is 18.7. The Morgan fingerprint density at radius 2 is 1.95 bits per heavy atom. The number of carbonyl (C=O) groups excluding carboxylic acids is 2. The zero-order valence-electron chi connectivity index (χ0n) is 30.4. The van der Waals surface area contributed by atoms with Gasteiger partial charge in [-0.25, -0.2) is 29.3 Å². The number of aliphatic imine (C=N–C) groups is 1. The van der Waals surface area contributed by atoms with Crippen LogP contribution in [0.2, 0.25) is 0 Å². The van der Waals surface area contributed by atoms with E-state index < -0.39 is 17.7 Å². The summed E-state index contributed by atoms with van der Waals surface area (Å²) in [6.07, 6.45) is 11.1. The van der Waals surface area contributed by atoms with Crippen molar-refractivity contribution in [2.24, 2.45) is 4.99 Å². The number of ether oxygens (including phenoxy) is 2. The number of thiazole rings is 1. The molecule has 1 saturated heterocycles. The van der Waals surface area contributed by atoms with Crippen LogP contribution in [0, 0.1) is 11.6 Å². The summed E-state index contributed by atoms with van der Waals surface area (Å²) >= 11 is 1.46. The number of fused-ring (bicyclic) bond motifs is 1. The molecule has 288 valence electrons. The Hall–Kier alpha value is -5.26. The molecule has 3 aromatic heterocycles. The van der Waals surface area contributed by atoms with Gasteiger partial charge in [0.05, 0.1) is 38.1 Å². The third-order valence-electron chi connectivity index (χ3n) is 9.86. The molecule has 3 aliphatic heterocycles. The van der Waals surface area contributed by atoms with Crippen molar-refractivity contribution in [3.05, 3.63) is 87.5 Å². The van der Waals surface area contributed by atoms with Gasteiger partial charge in [0, 0.05) is 97.4 Å². The fraction of sp³-hybridized carbons (Fsp3) is 0.421. The smallest absolute Gasteiger partial charge is 0.239 e. The number of benzene rings is 1. The van der Waals surface area contributed by atoms with Crippen LogP contribution in [-0.4, -0.2) is 106 Å². The van der Waals surface area contributed by atoms with Gasteiger partial charge >= 0.3 is 0 Å². The zero-order chi connectivity index (χ0) is 38.1. The van der Waals surface area contributed by atoms with Crippen LogP contribution in [0.1, 0.15) is 54.9 Å². The number of carbonyl (C=O) groups is 2. The lowest BCUT2D eigenvalue weighted by Gasteiger charge is -2.36. The van der Waals surface area contributed by atoms with Crippen LogP contribution in [0.4, 0.5) is 14.5 Å². The number of aromatic nitrogens is 5. The minimum Gasteiger partial charge on any atom is -0.490 e. The molecule has 1 aromatic carbocycles. The Labute approximate surface area is 321 Å². The first-order chi connectivity index (χ1) is 26.9. The quantitative estimate of drug-likeness (QED) is 0.132. The standard InChI is InChI=1S/C38H42F2N10O4S/c1-24-27-20-46-35(34-41-9-6-10-42-34)47-29(27)7-12-50(24)26-17-28(39)33(40)32(18-26)54-14-5-3-2-4-8-43-37(52)31-23-53-15-13-49(31)21-30-25(22-51)19-45-36(48-30)38-44-11-16-55-38/h6,9-11,16-18,20,22,24,31H,2-5,7-8,12-15,19,21,23H2,1H3,(H,43,52)(H,45,48). The van der Waals surface area contributed by atoms with Crippen molar-refractivity contribution in [1.29, 1.82) is 0 Å². The summed E-state index contributed by atoms with van der Waals surface area (Å²) in [6, 6.07) is 3.80. The predicted octanol–water partition coefficient (Wildman–Crippen LogP) is 4.05. The van der Waals surface area contributed by atoms with Crippen molar-refractivity contribution in [2.75, 3.05) is 57.4 Å². The summed E-state index contributed by atoms with van der Waals surface area (Å²) in [5, 5.41) is 8.88. The van der Waals surface area contributed by atoms with Crippen molar-refractivity contribution in [2.45, 2.75) is 51.1 Å². The second kappa shape index (κ2) is 17.9. The molecule has 2 N–H and O–H groups in total. The number of nitrogens with zero attached hydrogens (tertiary/aromatic N) is 8. The van der Waals surface area contributed by atoms with Gasteiger partial charge in [0.2, 0.25) is 11.7 Å². The van der Waals surface area contributed by atoms with E-state index in [1.54, 1.807) is 36.9 Å². The number of unbranched alkanes of at least 4 members (excludes halogenated alkanes) is 3. The Balaban J connectivity index is 0.851. The topological polar surface area (TPSA) is 160 Å². The maximum Gasteiger partial charge on any atom is 0.239 e. The highest BCUT2D eigenvalue weighted by atomic mass is 32.1. The number of morpholine rings is 1. The van der Waals surface area contributed by atoms with E-state index in [0.717, 1.165) is 41.8 Å². The lowest BCUT2D eigenvalue weighted by molar-refractivity contribution is -0.132. The third-order valence-corrected chi connectivity index (χ3v) is 10.6. The summed E-state index contributed by atoms with van der Waals surface area (Å²) in [7, 11) is 0. The van der Waals surface area contributed by atoms with Gasteiger partial charge in [0.1, 0.15) is 12.3 Å². The molecule has 14 nitrogen and oxygen atoms in total. The summed E-state index contributed by atoms with van der Waals surface area (Å²) in [5.74, 6) is -0.735. The molecule has 3 aliphatic rings. The second-order valence-electron chi connectivity index (χ2n) is 13.4. The number of amides is 1. The first kappa shape index (κ1) is 38.0. The zero-order valence-corrected chi connectivity index (χ0v) is 31.2. The van der Waals surface area contributed by atoms with E-state index in [-0.39, 0.29) is 37.5 Å². The number of hydrogen-bond donors (Lipinski definition) is 2. The second-order valence-corrected chi connectivity index (χ2v) is 14.3. The Morgan fingerprint density at radius 1 is 1.09 bits per heavy atom. The van der Waals surface area contributed by atoms with Gasteiger partial charge in [-0.3, -0.25) is 19.5 Å². The number of halogens is 2. The SMILES string of the molecule is CC1c2cnc(-c3ncccn3)nc2CCN1c1cc(F)c(F)c(OCCCCCCNC(=O)C2COCCN2CC2=C(C=O)CN=C(c3nccs3)N2)c1. The van der Waals surface area contributed by atoms with Gasteiger partial charge in [0.25, 0.3) is 0 Å². The molecule has 4 aromatic rings. The molecule has 1 fully saturated rings. The van der Waals surface area contributed by atoms with Crippen molar-refractivity contribution < 1.29 is 27.8 Å². The van der Waals surface area contributed by atoms with Crippen molar-refractivity contribution >= 4 is 35.1 Å². The van der Waals surface area contributed by atoms with E-state index in [0.29, 0.717) is 80.1 Å². The first-order valence-electron chi connectivity index (χ1n) is 18.4. The maximum absolute atomic E-state index is 14.8. The maximum atomic E-state index is 14.8. The molecule has 0 spiro atoms. The molecule has 7 rings (SSSR count). The highest BCUT2D eigenvalue weighted by Gasteiger charge is 2.32. The Morgan fingerprint density at radius 3 is 2.76 bits per heavy atom. The molecule has 0 saturated carbocycles. The van der Waals surface area contributed by atoms with Crippen LogP contribution in [0.3, 0.4) is 0 Å². The van der Waals surface area contributed by atoms with Crippen LogP contribution in [0.5, 0.6) is 5.75 Å². The summed E-state index contributed by atoms with van der Waals surface area (Å²) < 4.78 is 41.1. The van der Waals surface area contributed by atoms with E-state index >= 15 is 0 Å². The van der Waals surface area contributed by atoms with Gasteiger partial charge in [-0.1, -0.05) is 12.8 Å². The number of aldehydes is 1. The number of amidine groups is 1.